The number of anilines is 1. The molecule has 1 saturated carbocycles. The second-order valence-electron chi connectivity index (χ2n) is 7.47. The van der Waals surface area contributed by atoms with Gasteiger partial charge in [0.1, 0.15) is 16.0 Å². The van der Waals surface area contributed by atoms with Gasteiger partial charge in [-0.1, -0.05) is 17.7 Å². The summed E-state index contributed by atoms with van der Waals surface area (Å²) in [4.78, 5) is 24.8. The van der Waals surface area contributed by atoms with Crippen molar-refractivity contribution >= 4 is 52.2 Å². The van der Waals surface area contributed by atoms with Crippen molar-refractivity contribution in [3.8, 4) is 0 Å². The number of alkyl halides is 5. The molecule has 178 valence electrons. The lowest BCUT2D eigenvalue weighted by Crippen LogP contribution is -2.19. The molecule has 1 aliphatic rings. The summed E-state index contributed by atoms with van der Waals surface area (Å²) < 4.78 is 77.4. The molecule has 33 heavy (non-hydrogen) atoms. The predicted molar refractivity (Wildman–Crippen MR) is 111 cm³/mol. The maximum atomic E-state index is 14.8. The van der Waals surface area contributed by atoms with Gasteiger partial charge in [0, 0.05) is 18.8 Å². The molecule has 1 fully saturated rings. The van der Waals surface area contributed by atoms with E-state index >= 15 is 0 Å². The first-order valence-electron chi connectivity index (χ1n) is 9.45. The zero-order valence-corrected chi connectivity index (χ0v) is 18.6. The fraction of sp³-hybridized carbons (Fsp3) is 0.333. The molecule has 3 rings (SSSR count). The summed E-state index contributed by atoms with van der Waals surface area (Å²) in [5.41, 5.74) is -1.28. The fourth-order valence-electron chi connectivity index (χ4n) is 3.46. The van der Waals surface area contributed by atoms with Crippen LogP contribution in [0.15, 0.2) is 30.3 Å². The molecular formula is C21H14Cl3F6NO2. The van der Waals surface area contributed by atoms with Crippen LogP contribution in [0.1, 0.15) is 41.1 Å². The van der Waals surface area contributed by atoms with E-state index in [9.17, 15) is 35.9 Å². The van der Waals surface area contributed by atoms with Crippen LogP contribution in [0.5, 0.6) is 0 Å². The molecule has 0 heterocycles. The number of benzene rings is 2. The Morgan fingerprint density at radius 1 is 1.03 bits per heavy atom. The SMILES string of the molecule is O=C(CCCC(F)(F)F)c1c(F)ccc(NC(=O)C2C(c3ccc(F)c(Cl)c3)C2(Cl)Cl)c1F. The topological polar surface area (TPSA) is 46.2 Å². The van der Waals surface area contributed by atoms with Gasteiger partial charge in [-0.05, 0) is 36.2 Å². The molecule has 0 aliphatic heterocycles. The molecule has 1 amide bonds. The highest BCUT2D eigenvalue weighted by Crippen LogP contribution is 2.65. The Morgan fingerprint density at radius 2 is 1.67 bits per heavy atom. The Bertz CT molecular complexity index is 1110. The van der Waals surface area contributed by atoms with Crippen molar-refractivity contribution in [1.29, 1.82) is 0 Å². The summed E-state index contributed by atoms with van der Waals surface area (Å²) in [7, 11) is 0. The quantitative estimate of drug-likeness (QED) is 0.233. The molecule has 2 aromatic rings. The molecule has 2 atom stereocenters. The average Bonchev–Trinajstić information content (AvgIpc) is 3.27. The molecule has 0 saturated heterocycles. The number of ketones is 1. The molecule has 2 unspecified atom stereocenters. The highest BCUT2D eigenvalue weighted by Gasteiger charge is 2.67. The van der Waals surface area contributed by atoms with Gasteiger partial charge in [0.15, 0.2) is 11.6 Å². The summed E-state index contributed by atoms with van der Waals surface area (Å²) in [5, 5.41) is 1.95. The summed E-state index contributed by atoms with van der Waals surface area (Å²) in [6.45, 7) is 0. The van der Waals surface area contributed by atoms with E-state index in [0.717, 1.165) is 12.1 Å². The molecule has 2 aromatic carbocycles. The number of hydrogen-bond donors (Lipinski definition) is 1. The third kappa shape index (κ3) is 5.58. The monoisotopic (exact) mass is 531 g/mol. The summed E-state index contributed by atoms with van der Waals surface area (Å²) in [6, 6.07) is 5.18. The first-order chi connectivity index (χ1) is 15.2. The maximum Gasteiger partial charge on any atom is 0.389 e. The number of hydrogen-bond acceptors (Lipinski definition) is 2. The molecular weight excluding hydrogens is 519 g/mol. The van der Waals surface area contributed by atoms with Gasteiger partial charge in [-0.15, -0.1) is 23.2 Å². The largest absolute Gasteiger partial charge is 0.389 e. The summed E-state index contributed by atoms with van der Waals surface area (Å²) in [5.74, 6) is -7.39. The molecule has 12 heteroatoms. The fourth-order valence-corrected chi connectivity index (χ4v) is 4.48. The number of rotatable bonds is 7. The number of halogens is 9. The van der Waals surface area contributed by atoms with Crippen molar-refractivity contribution in [3.05, 3.63) is 63.9 Å². The van der Waals surface area contributed by atoms with Crippen LogP contribution in [-0.2, 0) is 4.79 Å². The number of Topliss-reactive ketones (excluding diaryl/α,β-unsaturated/α-hetero) is 1. The smallest absolute Gasteiger partial charge is 0.323 e. The lowest BCUT2D eigenvalue weighted by Gasteiger charge is -2.11. The van der Waals surface area contributed by atoms with Crippen molar-refractivity contribution in [2.75, 3.05) is 5.32 Å². The van der Waals surface area contributed by atoms with E-state index in [0.29, 0.717) is 11.6 Å². The number of nitrogens with one attached hydrogen (secondary N) is 1. The van der Waals surface area contributed by atoms with Crippen molar-refractivity contribution in [3.63, 3.8) is 0 Å². The van der Waals surface area contributed by atoms with Crippen LogP contribution in [0.2, 0.25) is 5.02 Å². The van der Waals surface area contributed by atoms with Gasteiger partial charge < -0.3 is 5.32 Å². The molecule has 0 spiro atoms. The van der Waals surface area contributed by atoms with Crippen LogP contribution in [0.25, 0.3) is 0 Å². The van der Waals surface area contributed by atoms with E-state index in [1.54, 1.807) is 0 Å². The highest BCUT2D eigenvalue weighted by atomic mass is 35.5. The summed E-state index contributed by atoms with van der Waals surface area (Å²) in [6.07, 6.45) is -7.20. The standard InChI is InChI=1S/C21H14Cl3F6NO2/c22-10-8-9(3-4-11(10)25)16-17(21(16,23)24)19(33)31-13-6-5-12(26)15(18(13)27)14(32)2-1-7-20(28,29)30/h3-6,8,16-17H,1-2,7H2,(H,31,33). The normalized spacial score (nSPS) is 19.3. The number of carbonyl (C=O) groups excluding carboxylic acids is 2. The van der Waals surface area contributed by atoms with Gasteiger partial charge in [0.05, 0.1) is 22.2 Å². The zero-order valence-electron chi connectivity index (χ0n) is 16.4. The van der Waals surface area contributed by atoms with Gasteiger partial charge in [0.2, 0.25) is 5.91 Å². The van der Waals surface area contributed by atoms with Gasteiger partial charge in [-0.2, -0.15) is 13.2 Å². The van der Waals surface area contributed by atoms with Crippen LogP contribution in [0, 0.1) is 23.4 Å². The first-order valence-corrected chi connectivity index (χ1v) is 10.6. The lowest BCUT2D eigenvalue weighted by molar-refractivity contribution is -0.135. The van der Waals surface area contributed by atoms with Crippen molar-refractivity contribution in [1.82, 2.24) is 0 Å². The van der Waals surface area contributed by atoms with E-state index in [1.165, 1.54) is 12.1 Å². The second-order valence-corrected chi connectivity index (χ2v) is 9.32. The van der Waals surface area contributed by atoms with Crippen LogP contribution < -0.4 is 5.32 Å². The van der Waals surface area contributed by atoms with Crippen LogP contribution in [0.4, 0.5) is 32.0 Å². The Labute approximate surface area is 199 Å². The van der Waals surface area contributed by atoms with Crippen LogP contribution in [0.3, 0.4) is 0 Å². The minimum Gasteiger partial charge on any atom is -0.323 e. The molecule has 1 aliphatic carbocycles. The maximum absolute atomic E-state index is 14.8. The third-order valence-corrected chi connectivity index (χ3v) is 6.36. The molecule has 1 N–H and O–H groups in total. The third-order valence-electron chi connectivity index (χ3n) is 5.13. The van der Waals surface area contributed by atoms with Crippen molar-refractivity contribution in [2.45, 2.75) is 35.7 Å². The molecule has 0 radical (unpaired) electrons. The lowest BCUT2D eigenvalue weighted by atomic mass is 10.0. The minimum absolute atomic E-state index is 0.221. The Kier molecular flexibility index (Phi) is 7.27. The zero-order chi connectivity index (χ0) is 24.7. The van der Waals surface area contributed by atoms with Gasteiger partial charge in [-0.3, -0.25) is 9.59 Å². The molecule has 0 aromatic heterocycles. The van der Waals surface area contributed by atoms with Gasteiger partial charge in [0.25, 0.3) is 0 Å². The first kappa shape index (κ1) is 25.6. The number of amides is 1. The highest BCUT2D eigenvalue weighted by molar-refractivity contribution is 6.53. The summed E-state index contributed by atoms with van der Waals surface area (Å²) >= 11 is 18.1. The Balaban J connectivity index is 1.77. The van der Waals surface area contributed by atoms with E-state index in [-0.39, 0.29) is 5.02 Å². The minimum atomic E-state index is -4.52. The Hall–Kier alpha value is -1.97. The van der Waals surface area contributed by atoms with E-state index in [4.69, 9.17) is 34.8 Å². The average molecular weight is 533 g/mol. The van der Waals surface area contributed by atoms with Crippen LogP contribution in [-0.4, -0.2) is 22.2 Å². The van der Waals surface area contributed by atoms with E-state index < -0.39 is 82.0 Å². The Morgan fingerprint density at radius 3 is 2.27 bits per heavy atom. The van der Waals surface area contributed by atoms with Gasteiger partial charge >= 0.3 is 6.18 Å². The van der Waals surface area contributed by atoms with E-state index in [2.05, 4.69) is 5.32 Å². The van der Waals surface area contributed by atoms with Gasteiger partial charge in [-0.25, -0.2) is 13.2 Å². The number of carbonyl (C=O) groups is 2. The van der Waals surface area contributed by atoms with Crippen molar-refractivity contribution in [2.24, 2.45) is 5.92 Å². The van der Waals surface area contributed by atoms with Crippen LogP contribution >= 0.6 is 34.8 Å². The predicted octanol–water partition coefficient (Wildman–Crippen LogP) is 7.20. The molecule has 0 bridgehead atoms. The second kappa shape index (κ2) is 9.35. The molecule has 3 nitrogen and oxygen atoms in total. The van der Waals surface area contributed by atoms with E-state index in [1.807, 2.05) is 0 Å². The van der Waals surface area contributed by atoms with Crippen molar-refractivity contribution < 1.29 is 35.9 Å².